The number of nitrogens with zero attached hydrogens (tertiary/aromatic N) is 1. The van der Waals surface area contributed by atoms with Crippen LogP contribution in [0.25, 0.3) is 10.1 Å². The summed E-state index contributed by atoms with van der Waals surface area (Å²) in [6.07, 6.45) is 6.92. The van der Waals surface area contributed by atoms with Crippen molar-refractivity contribution in [1.82, 2.24) is 9.88 Å². The van der Waals surface area contributed by atoms with Crippen LogP contribution in [-0.2, 0) is 0 Å². The summed E-state index contributed by atoms with van der Waals surface area (Å²) < 4.78 is 3.50. The van der Waals surface area contributed by atoms with Gasteiger partial charge < -0.3 is 9.88 Å². The zero-order valence-electron chi connectivity index (χ0n) is 10.1. The van der Waals surface area contributed by atoms with E-state index in [2.05, 4.69) is 22.3 Å². The van der Waals surface area contributed by atoms with Crippen molar-refractivity contribution in [3.05, 3.63) is 23.3 Å². The first-order chi connectivity index (χ1) is 8.13. The third-order valence-electron chi connectivity index (χ3n) is 2.96. The Balaban J connectivity index is 1.86. The van der Waals surface area contributed by atoms with Crippen LogP contribution in [0.5, 0.6) is 0 Å². The molecule has 90 valence electrons. The molecule has 1 fully saturated rings. The quantitative estimate of drug-likeness (QED) is 0.889. The predicted molar refractivity (Wildman–Crippen MR) is 70.7 cm³/mol. The van der Waals surface area contributed by atoms with E-state index in [-0.39, 0.29) is 11.9 Å². The van der Waals surface area contributed by atoms with Gasteiger partial charge in [0, 0.05) is 29.9 Å². The molecule has 0 bridgehead atoms. The maximum absolute atomic E-state index is 11.8. The molecule has 1 aliphatic rings. The lowest BCUT2D eigenvalue weighted by molar-refractivity contribution is 0.0947. The highest BCUT2D eigenvalue weighted by Crippen LogP contribution is 2.38. The molecule has 3 nitrogen and oxygen atoms in total. The molecule has 4 heteroatoms. The molecule has 17 heavy (non-hydrogen) atoms. The molecule has 1 amide bonds. The van der Waals surface area contributed by atoms with Crippen molar-refractivity contribution in [2.45, 2.75) is 38.8 Å². The van der Waals surface area contributed by atoms with Crippen LogP contribution in [0, 0.1) is 0 Å². The molecule has 1 N–H and O–H groups in total. The smallest absolute Gasteiger partial charge is 0.261 e. The summed E-state index contributed by atoms with van der Waals surface area (Å²) in [5.41, 5.74) is 0. The largest absolute Gasteiger partial charge is 0.349 e. The summed E-state index contributed by atoms with van der Waals surface area (Å²) in [7, 11) is 0. The number of hydrogen-bond acceptors (Lipinski definition) is 2. The van der Waals surface area contributed by atoms with Gasteiger partial charge in [0.1, 0.15) is 0 Å². The first-order valence-corrected chi connectivity index (χ1v) is 6.87. The first kappa shape index (κ1) is 10.8. The Morgan fingerprint density at radius 2 is 2.24 bits per heavy atom. The number of carbonyl (C=O) groups is 1. The Morgan fingerprint density at radius 3 is 2.82 bits per heavy atom. The van der Waals surface area contributed by atoms with Crippen molar-refractivity contribution in [1.29, 1.82) is 0 Å². The second-order valence-corrected chi connectivity index (χ2v) is 6.08. The average molecular weight is 248 g/mol. The lowest BCUT2D eigenvalue weighted by Crippen LogP contribution is -2.29. The third-order valence-corrected chi connectivity index (χ3v) is 4.04. The first-order valence-electron chi connectivity index (χ1n) is 6.05. The zero-order valence-corrected chi connectivity index (χ0v) is 10.9. The van der Waals surface area contributed by atoms with E-state index in [0.717, 1.165) is 4.88 Å². The van der Waals surface area contributed by atoms with Crippen molar-refractivity contribution >= 4 is 27.3 Å². The van der Waals surface area contributed by atoms with Gasteiger partial charge in [0.25, 0.3) is 5.91 Å². The lowest BCUT2D eigenvalue weighted by atomic mass is 10.3. The van der Waals surface area contributed by atoms with Crippen molar-refractivity contribution in [3.8, 4) is 0 Å². The molecule has 1 aliphatic carbocycles. The summed E-state index contributed by atoms with van der Waals surface area (Å²) in [5.74, 6) is 0.0409. The lowest BCUT2D eigenvalue weighted by Gasteiger charge is -2.05. The van der Waals surface area contributed by atoms with E-state index in [4.69, 9.17) is 0 Å². The number of amides is 1. The number of hydrogen-bond donors (Lipinski definition) is 1. The zero-order chi connectivity index (χ0) is 12.0. The highest BCUT2D eigenvalue weighted by molar-refractivity contribution is 7.20. The second-order valence-electron chi connectivity index (χ2n) is 4.99. The van der Waals surface area contributed by atoms with E-state index in [1.165, 1.54) is 22.9 Å². The molecule has 0 radical (unpaired) electrons. The van der Waals surface area contributed by atoms with Gasteiger partial charge in [-0.1, -0.05) is 0 Å². The number of fused-ring (bicyclic) bond motifs is 1. The topological polar surface area (TPSA) is 34.0 Å². The summed E-state index contributed by atoms with van der Waals surface area (Å²) >= 11 is 1.58. The minimum Gasteiger partial charge on any atom is -0.349 e. The van der Waals surface area contributed by atoms with Gasteiger partial charge in [-0.25, -0.2) is 0 Å². The van der Waals surface area contributed by atoms with Crippen molar-refractivity contribution in [2.75, 3.05) is 0 Å². The molecular formula is C13H16N2OS. The van der Waals surface area contributed by atoms with E-state index < -0.39 is 0 Å². The minimum atomic E-state index is 0.0409. The van der Waals surface area contributed by atoms with Gasteiger partial charge in [-0.05, 0) is 32.8 Å². The second kappa shape index (κ2) is 3.88. The highest BCUT2D eigenvalue weighted by Gasteiger charge is 2.24. The molecule has 2 aromatic heterocycles. The van der Waals surface area contributed by atoms with Gasteiger partial charge in [-0.3, -0.25) is 4.79 Å². The number of thiophene rings is 1. The van der Waals surface area contributed by atoms with Crippen molar-refractivity contribution in [2.24, 2.45) is 0 Å². The fourth-order valence-corrected chi connectivity index (χ4v) is 2.96. The molecule has 0 aromatic carbocycles. The van der Waals surface area contributed by atoms with Crippen LogP contribution in [-0.4, -0.2) is 16.5 Å². The fraction of sp³-hybridized carbons (Fsp3) is 0.462. The Labute approximate surface area is 104 Å². The fourth-order valence-electron chi connectivity index (χ4n) is 1.98. The minimum absolute atomic E-state index is 0.0409. The molecule has 2 aromatic rings. The Morgan fingerprint density at radius 1 is 1.47 bits per heavy atom. The maximum atomic E-state index is 11.8. The third kappa shape index (κ3) is 2.09. The van der Waals surface area contributed by atoms with Crippen LogP contribution in [0.2, 0.25) is 0 Å². The summed E-state index contributed by atoms with van der Waals surface area (Å²) in [5, 5.41) is 4.11. The van der Waals surface area contributed by atoms with Gasteiger partial charge in [0.15, 0.2) is 0 Å². The Bertz CT molecular complexity index is 531. The number of rotatable bonds is 3. The highest BCUT2D eigenvalue weighted by atomic mass is 32.1. The van der Waals surface area contributed by atoms with Crippen molar-refractivity contribution in [3.63, 3.8) is 0 Å². The standard InChI is InChI=1S/C13H16N2OS/c1-8(2)14-13(16)11-5-9-6-15(10-3-4-10)7-12(9)17-11/h5-8,10H,3-4H2,1-2H3,(H,14,16). The SMILES string of the molecule is CC(C)NC(=O)c1cc2cn(C3CC3)cc2s1. The van der Waals surface area contributed by atoms with Gasteiger partial charge in [-0.2, -0.15) is 0 Å². The van der Waals surface area contributed by atoms with Crippen LogP contribution in [0.15, 0.2) is 18.5 Å². The molecule has 2 heterocycles. The maximum Gasteiger partial charge on any atom is 0.261 e. The molecule has 0 aliphatic heterocycles. The van der Waals surface area contributed by atoms with Crippen LogP contribution < -0.4 is 5.32 Å². The van der Waals surface area contributed by atoms with Crippen LogP contribution in [0.4, 0.5) is 0 Å². The van der Waals surface area contributed by atoms with Crippen molar-refractivity contribution < 1.29 is 4.79 Å². The number of aromatic nitrogens is 1. The van der Waals surface area contributed by atoms with E-state index >= 15 is 0 Å². The number of carbonyl (C=O) groups excluding carboxylic acids is 1. The summed E-state index contributed by atoms with van der Waals surface area (Å²) in [4.78, 5) is 12.7. The molecule has 0 saturated heterocycles. The van der Waals surface area contributed by atoms with Crippen LogP contribution >= 0.6 is 11.3 Å². The summed E-state index contributed by atoms with van der Waals surface area (Å²) in [6.45, 7) is 3.96. The van der Waals surface area contributed by atoms with Gasteiger partial charge >= 0.3 is 0 Å². The predicted octanol–water partition coefficient (Wildman–Crippen LogP) is 3.18. The van der Waals surface area contributed by atoms with Gasteiger partial charge in [0.05, 0.1) is 9.58 Å². The molecule has 1 saturated carbocycles. The Hall–Kier alpha value is -1.29. The van der Waals surface area contributed by atoms with E-state index in [9.17, 15) is 4.79 Å². The molecule has 0 spiro atoms. The van der Waals surface area contributed by atoms with E-state index in [1.807, 2.05) is 19.9 Å². The van der Waals surface area contributed by atoms with Gasteiger partial charge in [0.2, 0.25) is 0 Å². The number of nitrogens with one attached hydrogen (secondary N) is 1. The van der Waals surface area contributed by atoms with E-state index in [1.54, 1.807) is 11.3 Å². The Kier molecular flexibility index (Phi) is 2.47. The van der Waals surface area contributed by atoms with Gasteiger partial charge in [-0.15, -0.1) is 11.3 Å². The monoisotopic (exact) mass is 248 g/mol. The normalized spacial score (nSPS) is 15.7. The average Bonchev–Trinajstić information content (AvgIpc) is 2.88. The van der Waals surface area contributed by atoms with Crippen LogP contribution in [0.3, 0.4) is 0 Å². The molecule has 0 unspecified atom stereocenters. The molecule has 3 rings (SSSR count). The molecule has 0 atom stereocenters. The molecular weight excluding hydrogens is 232 g/mol. The van der Waals surface area contributed by atoms with E-state index in [0.29, 0.717) is 6.04 Å². The summed E-state index contributed by atoms with van der Waals surface area (Å²) in [6, 6.07) is 2.90. The van der Waals surface area contributed by atoms with Crippen LogP contribution in [0.1, 0.15) is 42.4 Å².